The van der Waals surface area contributed by atoms with Crippen LogP contribution in [0, 0.1) is 0 Å². The average Bonchev–Trinajstić information content (AvgIpc) is 2.43. The number of carboxylic acids is 1. The summed E-state index contributed by atoms with van der Waals surface area (Å²) in [5.74, 6) is -2.19. The molecule has 0 aliphatic heterocycles. The second-order valence-corrected chi connectivity index (χ2v) is 5.81. The van der Waals surface area contributed by atoms with Gasteiger partial charge >= 0.3 is 11.9 Å². The summed E-state index contributed by atoms with van der Waals surface area (Å²) < 4.78 is 35.1. The first-order chi connectivity index (χ1) is 9.79. The number of rotatable bonds is 7. The number of esters is 1. The van der Waals surface area contributed by atoms with Crippen LogP contribution in [0.4, 0.5) is 5.69 Å². The Kier molecular flexibility index (Phi) is 5.53. The first-order valence-electron chi connectivity index (χ1n) is 5.77. The number of ether oxygens (including phenoxy) is 2. The normalized spacial score (nSPS) is 10.8. The maximum atomic E-state index is 11.8. The molecule has 0 bridgehead atoms. The van der Waals surface area contributed by atoms with Crippen molar-refractivity contribution in [2.75, 3.05) is 24.7 Å². The summed E-state index contributed by atoms with van der Waals surface area (Å²) in [5, 5.41) is 9.03. The zero-order valence-electron chi connectivity index (χ0n) is 11.5. The van der Waals surface area contributed by atoms with E-state index in [1.54, 1.807) is 0 Å². The number of carbonyl (C=O) groups is 2. The smallest absolute Gasteiger partial charge is 0.337 e. The molecular weight excluding hydrogens is 302 g/mol. The molecule has 116 valence electrons. The Bertz CT molecular complexity index is 639. The first kappa shape index (κ1) is 16.8. The average molecular weight is 317 g/mol. The largest absolute Gasteiger partial charge is 0.497 e. The topological polar surface area (TPSA) is 119 Å². The number of anilines is 1. The highest BCUT2D eigenvalue weighted by atomic mass is 32.2. The minimum atomic E-state index is -3.89. The van der Waals surface area contributed by atoms with E-state index in [0.717, 1.165) is 7.11 Å². The van der Waals surface area contributed by atoms with Gasteiger partial charge in [-0.15, -0.1) is 0 Å². The van der Waals surface area contributed by atoms with Gasteiger partial charge in [0.15, 0.2) is 0 Å². The van der Waals surface area contributed by atoms with Gasteiger partial charge in [0, 0.05) is 6.07 Å². The van der Waals surface area contributed by atoms with Crippen LogP contribution < -0.4 is 9.46 Å². The summed E-state index contributed by atoms with van der Waals surface area (Å²) in [6.07, 6.45) is -0.335. The maximum absolute atomic E-state index is 11.8. The lowest BCUT2D eigenvalue weighted by Gasteiger charge is -2.11. The zero-order chi connectivity index (χ0) is 16.0. The fraction of sp³-hybridized carbons (Fsp3) is 0.333. The molecule has 2 N–H and O–H groups in total. The van der Waals surface area contributed by atoms with Crippen molar-refractivity contribution < 1.29 is 32.6 Å². The van der Waals surface area contributed by atoms with Crippen LogP contribution in [0.3, 0.4) is 0 Å². The molecule has 0 saturated heterocycles. The molecule has 0 saturated carbocycles. The molecule has 0 amide bonds. The van der Waals surface area contributed by atoms with E-state index in [1.165, 1.54) is 25.3 Å². The van der Waals surface area contributed by atoms with Crippen LogP contribution in [-0.2, 0) is 19.6 Å². The van der Waals surface area contributed by atoms with Crippen LogP contribution in [0.15, 0.2) is 18.2 Å². The lowest BCUT2D eigenvalue weighted by atomic mass is 10.2. The summed E-state index contributed by atoms with van der Waals surface area (Å²) in [7, 11) is -1.38. The van der Waals surface area contributed by atoms with Crippen LogP contribution in [-0.4, -0.2) is 45.4 Å². The lowest BCUT2D eigenvalue weighted by molar-refractivity contribution is -0.140. The third-order valence-corrected chi connectivity index (χ3v) is 3.80. The number of carboxylic acid groups (broad SMARTS) is 1. The minimum absolute atomic E-state index is 0.133. The number of nitrogens with one attached hydrogen (secondary N) is 1. The zero-order valence-corrected chi connectivity index (χ0v) is 12.3. The Morgan fingerprint density at radius 1 is 1.29 bits per heavy atom. The molecule has 1 aromatic rings. The number of hydrogen-bond acceptors (Lipinski definition) is 6. The molecule has 0 atom stereocenters. The van der Waals surface area contributed by atoms with Gasteiger partial charge < -0.3 is 14.6 Å². The third-order valence-electron chi connectivity index (χ3n) is 2.53. The van der Waals surface area contributed by atoms with Crippen LogP contribution >= 0.6 is 0 Å². The van der Waals surface area contributed by atoms with E-state index in [9.17, 15) is 18.0 Å². The Morgan fingerprint density at radius 3 is 2.48 bits per heavy atom. The summed E-state index contributed by atoms with van der Waals surface area (Å²) in [4.78, 5) is 22.0. The Labute approximate surface area is 121 Å². The molecule has 0 aliphatic carbocycles. The molecule has 0 aromatic heterocycles. The molecule has 0 unspecified atom stereocenters. The number of carbonyl (C=O) groups excluding carboxylic acids is 1. The molecular formula is C12H15NO7S. The van der Waals surface area contributed by atoms with Gasteiger partial charge in [-0.05, 0) is 12.1 Å². The number of methoxy groups -OCH3 is 2. The number of aromatic carboxylic acids is 1. The monoisotopic (exact) mass is 317 g/mol. The van der Waals surface area contributed by atoms with Crippen molar-refractivity contribution in [3.05, 3.63) is 23.8 Å². The summed E-state index contributed by atoms with van der Waals surface area (Å²) >= 11 is 0. The second kappa shape index (κ2) is 6.93. The van der Waals surface area contributed by atoms with Gasteiger partial charge in [0.05, 0.1) is 37.6 Å². The highest BCUT2D eigenvalue weighted by Gasteiger charge is 2.18. The van der Waals surface area contributed by atoms with Crippen molar-refractivity contribution in [3.8, 4) is 5.75 Å². The maximum Gasteiger partial charge on any atom is 0.337 e. The molecule has 0 fully saturated rings. The van der Waals surface area contributed by atoms with Crippen LogP contribution in [0.25, 0.3) is 0 Å². The van der Waals surface area contributed by atoms with Crippen molar-refractivity contribution >= 4 is 27.6 Å². The molecule has 1 rings (SSSR count). The van der Waals surface area contributed by atoms with Crippen molar-refractivity contribution in [1.82, 2.24) is 0 Å². The van der Waals surface area contributed by atoms with Crippen LogP contribution in [0.5, 0.6) is 5.75 Å². The van der Waals surface area contributed by atoms with Gasteiger partial charge in [0.1, 0.15) is 5.75 Å². The van der Waals surface area contributed by atoms with Crippen molar-refractivity contribution in [2.24, 2.45) is 0 Å². The highest BCUT2D eigenvalue weighted by Crippen LogP contribution is 2.23. The molecule has 1 aromatic carbocycles. The fourth-order valence-corrected chi connectivity index (χ4v) is 2.50. The Hall–Kier alpha value is -2.29. The van der Waals surface area contributed by atoms with Gasteiger partial charge in [0.2, 0.25) is 10.0 Å². The van der Waals surface area contributed by atoms with Gasteiger partial charge in [-0.25, -0.2) is 13.2 Å². The van der Waals surface area contributed by atoms with E-state index in [0.29, 0.717) is 5.75 Å². The van der Waals surface area contributed by atoms with E-state index < -0.39 is 27.7 Å². The summed E-state index contributed by atoms with van der Waals surface area (Å²) in [6.45, 7) is 0. The molecule has 0 aliphatic rings. The van der Waals surface area contributed by atoms with E-state index in [-0.39, 0.29) is 17.7 Å². The van der Waals surface area contributed by atoms with Gasteiger partial charge in [0.25, 0.3) is 0 Å². The molecule has 0 radical (unpaired) electrons. The molecule has 21 heavy (non-hydrogen) atoms. The van der Waals surface area contributed by atoms with E-state index >= 15 is 0 Å². The SMILES string of the molecule is COC(=O)CCS(=O)(=O)Nc1cc(OC)ccc1C(=O)O. The fourth-order valence-electron chi connectivity index (χ4n) is 1.46. The van der Waals surface area contributed by atoms with Crippen molar-refractivity contribution in [2.45, 2.75) is 6.42 Å². The van der Waals surface area contributed by atoms with Gasteiger partial charge in [-0.3, -0.25) is 9.52 Å². The molecule has 0 heterocycles. The summed E-state index contributed by atoms with van der Waals surface area (Å²) in [5.41, 5.74) is -0.357. The molecule has 9 heteroatoms. The van der Waals surface area contributed by atoms with Crippen molar-refractivity contribution in [3.63, 3.8) is 0 Å². The standard InChI is InChI=1S/C12H15NO7S/c1-19-8-3-4-9(12(15)16)10(7-8)13-21(17,18)6-5-11(14)20-2/h3-4,7,13H,5-6H2,1-2H3,(H,15,16). The third kappa shape index (κ3) is 4.95. The predicted molar refractivity (Wildman–Crippen MR) is 74.0 cm³/mol. The van der Waals surface area contributed by atoms with E-state index in [1.807, 2.05) is 0 Å². The highest BCUT2D eigenvalue weighted by molar-refractivity contribution is 7.92. The summed E-state index contributed by atoms with van der Waals surface area (Å²) in [6, 6.07) is 3.87. The number of sulfonamides is 1. The number of benzene rings is 1. The molecule has 0 spiro atoms. The van der Waals surface area contributed by atoms with Gasteiger partial charge in [-0.2, -0.15) is 0 Å². The first-order valence-corrected chi connectivity index (χ1v) is 7.43. The Morgan fingerprint density at radius 2 is 1.95 bits per heavy atom. The van der Waals surface area contributed by atoms with E-state index in [2.05, 4.69) is 9.46 Å². The van der Waals surface area contributed by atoms with Crippen LogP contribution in [0.2, 0.25) is 0 Å². The Balaban J connectivity index is 2.99. The lowest BCUT2D eigenvalue weighted by Crippen LogP contribution is -2.21. The quantitative estimate of drug-likeness (QED) is 0.710. The molecule has 8 nitrogen and oxygen atoms in total. The second-order valence-electron chi connectivity index (χ2n) is 3.96. The van der Waals surface area contributed by atoms with Crippen molar-refractivity contribution in [1.29, 1.82) is 0 Å². The minimum Gasteiger partial charge on any atom is -0.497 e. The van der Waals surface area contributed by atoms with Crippen LogP contribution in [0.1, 0.15) is 16.8 Å². The van der Waals surface area contributed by atoms with Gasteiger partial charge in [-0.1, -0.05) is 0 Å². The van der Waals surface area contributed by atoms with E-state index in [4.69, 9.17) is 9.84 Å². The number of hydrogen-bond donors (Lipinski definition) is 2. The predicted octanol–water partition coefficient (Wildman–Crippen LogP) is 0.698.